The summed E-state index contributed by atoms with van der Waals surface area (Å²) >= 11 is 0. The van der Waals surface area contributed by atoms with Gasteiger partial charge in [-0.15, -0.1) is 0 Å². The molecule has 0 fully saturated rings. The number of nitrogens with one attached hydrogen (secondary N) is 1. The molecule has 0 aliphatic carbocycles. The normalized spacial score (nSPS) is 18.1. The van der Waals surface area contributed by atoms with Gasteiger partial charge in [0.05, 0.1) is 6.42 Å². The molecule has 2 unspecified atom stereocenters. The van der Waals surface area contributed by atoms with E-state index in [9.17, 15) is 9.59 Å². The molecule has 2 aromatic rings. The van der Waals surface area contributed by atoms with Crippen LogP contribution in [-0.4, -0.2) is 43.0 Å². The van der Waals surface area contributed by atoms with Gasteiger partial charge in [0, 0.05) is 19.8 Å². The van der Waals surface area contributed by atoms with Gasteiger partial charge >= 0.3 is 0 Å². The van der Waals surface area contributed by atoms with E-state index in [1.165, 1.54) is 0 Å². The molecule has 1 N–H and O–H groups in total. The summed E-state index contributed by atoms with van der Waals surface area (Å²) in [6.45, 7) is 1.80. The molecule has 0 aromatic heterocycles. The van der Waals surface area contributed by atoms with Crippen molar-refractivity contribution >= 4 is 17.5 Å². The second kappa shape index (κ2) is 7.47. The number of anilines is 1. The Morgan fingerprint density at radius 3 is 2.23 bits per heavy atom. The highest BCUT2D eigenvalue weighted by atomic mass is 16.6. The van der Waals surface area contributed by atoms with Crippen molar-refractivity contribution in [3.8, 4) is 11.5 Å². The van der Waals surface area contributed by atoms with Gasteiger partial charge in [0.1, 0.15) is 6.10 Å². The summed E-state index contributed by atoms with van der Waals surface area (Å²) in [6, 6.07) is 14.5. The maximum atomic E-state index is 12.6. The standard InChI is InChI=1S/C20H22N2O4/c1-13-19(26-17-7-5-4-6-16(17)25-13)20(24)21-15-10-8-14(9-11-15)12-18(23)22(2)3/h4-11,13,19H,12H2,1-3H3,(H,21,24). The molecule has 2 amide bonds. The molecule has 0 saturated heterocycles. The molecule has 6 heteroatoms. The predicted octanol–water partition coefficient (Wildman–Crippen LogP) is 2.48. The Morgan fingerprint density at radius 1 is 1.00 bits per heavy atom. The number of carbonyl (C=O) groups excluding carboxylic acids is 2. The van der Waals surface area contributed by atoms with Crippen LogP contribution in [0.4, 0.5) is 5.69 Å². The lowest BCUT2D eigenvalue weighted by atomic mass is 10.1. The number of hydrogen-bond acceptors (Lipinski definition) is 4. The minimum absolute atomic E-state index is 0.0297. The van der Waals surface area contributed by atoms with Gasteiger partial charge in [-0.1, -0.05) is 24.3 Å². The number of carbonyl (C=O) groups is 2. The first-order chi connectivity index (χ1) is 12.4. The lowest BCUT2D eigenvalue weighted by molar-refractivity contribution is -0.128. The van der Waals surface area contributed by atoms with Crippen molar-refractivity contribution in [2.45, 2.75) is 25.6 Å². The first-order valence-corrected chi connectivity index (χ1v) is 8.46. The predicted molar refractivity (Wildman–Crippen MR) is 98.4 cm³/mol. The zero-order chi connectivity index (χ0) is 18.7. The van der Waals surface area contributed by atoms with E-state index in [0.29, 0.717) is 23.6 Å². The van der Waals surface area contributed by atoms with Crippen molar-refractivity contribution in [3.05, 3.63) is 54.1 Å². The van der Waals surface area contributed by atoms with Crippen molar-refractivity contribution in [2.75, 3.05) is 19.4 Å². The van der Waals surface area contributed by atoms with Crippen LogP contribution in [0.3, 0.4) is 0 Å². The third kappa shape index (κ3) is 3.96. The van der Waals surface area contributed by atoms with Crippen molar-refractivity contribution in [2.24, 2.45) is 0 Å². The van der Waals surface area contributed by atoms with Gasteiger partial charge in [-0.3, -0.25) is 9.59 Å². The summed E-state index contributed by atoms with van der Waals surface area (Å²) in [5, 5.41) is 2.84. The SMILES string of the molecule is CC1Oc2ccccc2OC1C(=O)Nc1ccc(CC(=O)N(C)C)cc1. The molecule has 2 aromatic carbocycles. The molecule has 1 heterocycles. The van der Waals surface area contributed by atoms with Crippen LogP contribution < -0.4 is 14.8 Å². The largest absolute Gasteiger partial charge is 0.482 e. The number of ether oxygens (including phenoxy) is 2. The molecule has 0 spiro atoms. The number of hydrogen-bond donors (Lipinski definition) is 1. The summed E-state index contributed by atoms with van der Waals surface area (Å²) < 4.78 is 11.6. The molecule has 2 atom stereocenters. The number of likely N-dealkylation sites (N-methyl/N-ethyl adjacent to an activating group) is 1. The average molecular weight is 354 g/mol. The van der Waals surface area contributed by atoms with Crippen LogP contribution in [0.15, 0.2) is 48.5 Å². The van der Waals surface area contributed by atoms with Crippen LogP contribution in [-0.2, 0) is 16.0 Å². The van der Waals surface area contributed by atoms with E-state index in [1.54, 1.807) is 44.1 Å². The Bertz CT molecular complexity index is 802. The molecular weight excluding hydrogens is 332 g/mol. The Balaban J connectivity index is 1.64. The lowest BCUT2D eigenvalue weighted by Crippen LogP contribution is -2.46. The van der Waals surface area contributed by atoms with Crippen LogP contribution in [0.2, 0.25) is 0 Å². The molecule has 3 rings (SSSR count). The fourth-order valence-electron chi connectivity index (χ4n) is 2.66. The number of nitrogens with zero attached hydrogens (tertiary/aromatic N) is 1. The average Bonchev–Trinajstić information content (AvgIpc) is 2.62. The lowest BCUT2D eigenvalue weighted by Gasteiger charge is -2.31. The molecule has 136 valence electrons. The maximum absolute atomic E-state index is 12.6. The monoisotopic (exact) mass is 354 g/mol. The van der Waals surface area contributed by atoms with Gasteiger partial charge in [0.15, 0.2) is 11.5 Å². The highest BCUT2D eigenvalue weighted by Gasteiger charge is 2.34. The van der Waals surface area contributed by atoms with Crippen molar-refractivity contribution in [1.82, 2.24) is 4.90 Å². The molecule has 6 nitrogen and oxygen atoms in total. The van der Waals surface area contributed by atoms with Gasteiger partial charge in [-0.2, -0.15) is 0 Å². The summed E-state index contributed by atoms with van der Waals surface area (Å²) in [5.41, 5.74) is 1.53. The van der Waals surface area contributed by atoms with E-state index in [-0.39, 0.29) is 11.8 Å². The summed E-state index contributed by atoms with van der Waals surface area (Å²) in [4.78, 5) is 25.9. The molecule has 26 heavy (non-hydrogen) atoms. The quantitative estimate of drug-likeness (QED) is 0.916. The topological polar surface area (TPSA) is 67.9 Å². The second-order valence-electron chi connectivity index (χ2n) is 6.46. The molecule has 0 bridgehead atoms. The van der Waals surface area contributed by atoms with Gasteiger partial charge in [0.25, 0.3) is 5.91 Å². The summed E-state index contributed by atoms with van der Waals surface area (Å²) in [7, 11) is 3.45. The molecule has 1 aliphatic heterocycles. The third-order valence-corrected chi connectivity index (χ3v) is 4.18. The minimum atomic E-state index is -0.736. The Kier molecular flexibility index (Phi) is 5.11. The molecule has 0 radical (unpaired) electrons. The van der Waals surface area contributed by atoms with Gasteiger partial charge in [-0.25, -0.2) is 0 Å². The van der Waals surface area contributed by atoms with Crippen LogP contribution >= 0.6 is 0 Å². The summed E-state index contributed by atoms with van der Waals surface area (Å²) in [5.74, 6) is 0.952. The number of benzene rings is 2. The van der Waals surface area contributed by atoms with E-state index in [4.69, 9.17) is 9.47 Å². The van der Waals surface area contributed by atoms with E-state index >= 15 is 0 Å². The third-order valence-electron chi connectivity index (χ3n) is 4.18. The first kappa shape index (κ1) is 17.8. The van der Waals surface area contributed by atoms with Crippen LogP contribution in [0.5, 0.6) is 11.5 Å². The number of fused-ring (bicyclic) bond motifs is 1. The zero-order valence-corrected chi connectivity index (χ0v) is 15.1. The van der Waals surface area contributed by atoms with Crippen LogP contribution in [0, 0.1) is 0 Å². The van der Waals surface area contributed by atoms with Crippen molar-refractivity contribution in [1.29, 1.82) is 0 Å². The maximum Gasteiger partial charge on any atom is 0.269 e. The molecule has 1 aliphatic rings. The van der Waals surface area contributed by atoms with Gasteiger partial charge in [-0.05, 0) is 36.8 Å². The van der Waals surface area contributed by atoms with Crippen LogP contribution in [0.25, 0.3) is 0 Å². The van der Waals surface area contributed by atoms with E-state index < -0.39 is 12.2 Å². The number of para-hydroxylation sites is 2. The zero-order valence-electron chi connectivity index (χ0n) is 15.1. The molecule has 0 saturated carbocycles. The number of rotatable bonds is 4. The van der Waals surface area contributed by atoms with E-state index in [1.807, 2.05) is 30.3 Å². The second-order valence-corrected chi connectivity index (χ2v) is 6.46. The Morgan fingerprint density at radius 2 is 1.62 bits per heavy atom. The fourth-order valence-corrected chi connectivity index (χ4v) is 2.66. The Labute approximate surface area is 152 Å². The van der Waals surface area contributed by atoms with Gasteiger partial charge in [0.2, 0.25) is 12.0 Å². The van der Waals surface area contributed by atoms with Crippen LogP contribution in [0.1, 0.15) is 12.5 Å². The fraction of sp³-hybridized carbons (Fsp3) is 0.300. The first-order valence-electron chi connectivity index (χ1n) is 8.46. The highest BCUT2D eigenvalue weighted by molar-refractivity contribution is 5.95. The van der Waals surface area contributed by atoms with E-state index in [0.717, 1.165) is 5.56 Å². The summed E-state index contributed by atoms with van der Waals surface area (Å²) in [6.07, 6.45) is -0.809. The van der Waals surface area contributed by atoms with Gasteiger partial charge < -0.3 is 19.7 Å². The van der Waals surface area contributed by atoms with Crippen molar-refractivity contribution < 1.29 is 19.1 Å². The smallest absolute Gasteiger partial charge is 0.269 e. The minimum Gasteiger partial charge on any atom is -0.482 e. The van der Waals surface area contributed by atoms with Crippen molar-refractivity contribution in [3.63, 3.8) is 0 Å². The highest BCUT2D eigenvalue weighted by Crippen LogP contribution is 2.33. The molecular formula is C20H22N2O4. The van der Waals surface area contributed by atoms with E-state index in [2.05, 4.69) is 5.32 Å². The number of amides is 2. The Hall–Kier alpha value is -3.02.